The highest BCUT2D eigenvalue weighted by molar-refractivity contribution is 7.92. The van der Waals surface area contributed by atoms with Gasteiger partial charge in [-0.3, -0.25) is 4.31 Å². The zero-order chi connectivity index (χ0) is 19.4. The minimum absolute atomic E-state index is 0.0218. The summed E-state index contributed by atoms with van der Waals surface area (Å²) in [6.45, 7) is 0.283. The SMILES string of the molecule is N#Cc1cc(F)ccc1NC(=O)NCCS(=O)(=O)N1CCc2ccccc21. The molecule has 0 atom stereocenters. The van der Waals surface area contributed by atoms with Gasteiger partial charge in [-0.2, -0.15) is 5.26 Å². The van der Waals surface area contributed by atoms with E-state index >= 15 is 0 Å². The van der Waals surface area contributed by atoms with Crippen LogP contribution >= 0.6 is 0 Å². The van der Waals surface area contributed by atoms with E-state index in [1.54, 1.807) is 18.2 Å². The lowest BCUT2D eigenvalue weighted by Gasteiger charge is -2.19. The maximum absolute atomic E-state index is 13.1. The zero-order valence-corrected chi connectivity index (χ0v) is 15.1. The van der Waals surface area contributed by atoms with E-state index in [4.69, 9.17) is 5.26 Å². The molecule has 1 heterocycles. The van der Waals surface area contributed by atoms with Crippen LogP contribution in [-0.2, 0) is 16.4 Å². The van der Waals surface area contributed by atoms with Crippen LogP contribution in [0.25, 0.3) is 0 Å². The van der Waals surface area contributed by atoms with E-state index in [1.807, 2.05) is 12.1 Å². The van der Waals surface area contributed by atoms with Crippen molar-refractivity contribution in [2.75, 3.05) is 28.5 Å². The Labute approximate surface area is 156 Å². The number of sulfonamides is 1. The molecule has 0 bridgehead atoms. The average molecular weight is 388 g/mol. The third-order valence-corrected chi connectivity index (χ3v) is 5.95. The van der Waals surface area contributed by atoms with Gasteiger partial charge in [0, 0.05) is 13.1 Å². The van der Waals surface area contributed by atoms with Crippen molar-refractivity contribution < 1.29 is 17.6 Å². The topological polar surface area (TPSA) is 102 Å². The Bertz CT molecular complexity index is 1020. The molecule has 27 heavy (non-hydrogen) atoms. The Morgan fingerprint density at radius 1 is 1.26 bits per heavy atom. The number of hydrogen-bond donors (Lipinski definition) is 2. The summed E-state index contributed by atoms with van der Waals surface area (Å²) in [6, 6.07) is 11.8. The second-order valence-corrected chi connectivity index (χ2v) is 7.96. The van der Waals surface area contributed by atoms with Crippen molar-refractivity contribution in [3.8, 4) is 6.07 Å². The summed E-state index contributed by atoms with van der Waals surface area (Å²) in [4.78, 5) is 11.9. The van der Waals surface area contributed by atoms with Gasteiger partial charge in [-0.15, -0.1) is 0 Å². The number of nitriles is 1. The number of para-hydroxylation sites is 1. The van der Waals surface area contributed by atoms with Crippen LogP contribution in [0.1, 0.15) is 11.1 Å². The number of benzene rings is 2. The first-order valence-corrected chi connectivity index (χ1v) is 9.84. The Kier molecular flexibility index (Phi) is 5.28. The third-order valence-electron chi connectivity index (χ3n) is 4.18. The lowest BCUT2D eigenvalue weighted by Crippen LogP contribution is -2.38. The Morgan fingerprint density at radius 3 is 2.81 bits per heavy atom. The number of anilines is 2. The predicted octanol–water partition coefficient (Wildman–Crippen LogP) is 2.21. The second kappa shape index (κ2) is 7.63. The van der Waals surface area contributed by atoms with E-state index in [1.165, 1.54) is 10.4 Å². The summed E-state index contributed by atoms with van der Waals surface area (Å²) < 4.78 is 39.6. The van der Waals surface area contributed by atoms with Gasteiger partial charge in [-0.25, -0.2) is 17.6 Å². The molecule has 2 aromatic rings. The van der Waals surface area contributed by atoms with Gasteiger partial charge in [-0.1, -0.05) is 18.2 Å². The summed E-state index contributed by atoms with van der Waals surface area (Å²) in [5, 5.41) is 13.8. The van der Waals surface area contributed by atoms with Gasteiger partial charge in [0.25, 0.3) is 0 Å². The molecule has 0 spiro atoms. The molecule has 0 saturated heterocycles. The van der Waals surface area contributed by atoms with Crippen molar-refractivity contribution in [3.05, 3.63) is 59.4 Å². The Hall–Kier alpha value is -3.12. The number of amides is 2. The van der Waals surface area contributed by atoms with E-state index in [-0.39, 0.29) is 23.5 Å². The zero-order valence-electron chi connectivity index (χ0n) is 14.3. The third kappa shape index (κ3) is 4.17. The van der Waals surface area contributed by atoms with Gasteiger partial charge in [0.1, 0.15) is 11.9 Å². The van der Waals surface area contributed by atoms with Crippen LogP contribution < -0.4 is 14.9 Å². The predicted molar refractivity (Wildman–Crippen MR) is 99.4 cm³/mol. The number of rotatable bonds is 5. The van der Waals surface area contributed by atoms with Crippen LogP contribution in [0.5, 0.6) is 0 Å². The van der Waals surface area contributed by atoms with E-state index < -0.39 is 21.9 Å². The molecule has 0 unspecified atom stereocenters. The molecular formula is C18H17FN4O3S. The second-order valence-electron chi connectivity index (χ2n) is 5.95. The lowest BCUT2D eigenvalue weighted by atomic mass is 10.2. The summed E-state index contributed by atoms with van der Waals surface area (Å²) >= 11 is 0. The molecule has 0 fully saturated rings. The number of urea groups is 1. The molecule has 3 rings (SSSR count). The van der Waals surface area contributed by atoms with Gasteiger partial charge in [0.05, 0.1) is 22.7 Å². The maximum atomic E-state index is 13.1. The van der Waals surface area contributed by atoms with Gasteiger partial charge in [0.2, 0.25) is 10.0 Å². The molecule has 0 aliphatic carbocycles. The van der Waals surface area contributed by atoms with Crippen molar-refractivity contribution in [3.63, 3.8) is 0 Å². The monoisotopic (exact) mass is 388 g/mol. The molecule has 0 radical (unpaired) electrons. The number of hydrogen-bond acceptors (Lipinski definition) is 4. The Morgan fingerprint density at radius 2 is 2.04 bits per heavy atom. The standard InChI is InChI=1S/C18H17FN4O3S/c19-15-5-6-16(14(11-15)12-20)22-18(24)21-8-10-27(25,26)23-9-7-13-3-1-2-4-17(13)23/h1-6,11H,7-10H2,(H2,21,22,24). The van der Waals surface area contributed by atoms with Crippen molar-refractivity contribution in [1.29, 1.82) is 5.26 Å². The number of nitrogens with one attached hydrogen (secondary N) is 2. The highest BCUT2D eigenvalue weighted by atomic mass is 32.2. The van der Waals surface area contributed by atoms with Crippen molar-refractivity contribution in [2.24, 2.45) is 0 Å². The fourth-order valence-corrected chi connectivity index (χ4v) is 4.31. The quantitative estimate of drug-likeness (QED) is 0.820. The maximum Gasteiger partial charge on any atom is 0.319 e. The molecule has 140 valence electrons. The number of fused-ring (bicyclic) bond motifs is 1. The van der Waals surface area contributed by atoms with Crippen molar-refractivity contribution >= 4 is 27.4 Å². The largest absolute Gasteiger partial charge is 0.337 e. The number of nitrogens with zero attached hydrogens (tertiary/aromatic N) is 2. The molecule has 9 heteroatoms. The van der Waals surface area contributed by atoms with Crippen LogP contribution in [-0.4, -0.2) is 33.3 Å². The van der Waals surface area contributed by atoms with Gasteiger partial charge < -0.3 is 10.6 Å². The molecule has 0 saturated carbocycles. The number of halogens is 1. The lowest BCUT2D eigenvalue weighted by molar-refractivity contribution is 0.252. The van der Waals surface area contributed by atoms with Gasteiger partial charge >= 0.3 is 6.03 Å². The Balaban J connectivity index is 1.57. The summed E-state index contributed by atoms with van der Waals surface area (Å²) in [5.41, 5.74) is 1.78. The van der Waals surface area contributed by atoms with Crippen LogP contribution in [0.4, 0.5) is 20.6 Å². The number of carbonyl (C=O) groups excluding carboxylic acids is 1. The van der Waals surface area contributed by atoms with E-state index in [2.05, 4.69) is 10.6 Å². The van der Waals surface area contributed by atoms with E-state index in [0.29, 0.717) is 18.7 Å². The molecular weight excluding hydrogens is 371 g/mol. The van der Waals surface area contributed by atoms with E-state index in [9.17, 15) is 17.6 Å². The summed E-state index contributed by atoms with van der Waals surface area (Å²) in [6.07, 6.45) is 0.658. The summed E-state index contributed by atoms with van der Waals surface area (Å²) in [7, 11) is -3.57. The van der Waals surface area contributed by atoms with Gasteiger partial charge in [0.15, 0.2) is 0 Å². The highest BCUT2D eigenvalue weighted by Crippen LogP contribution is 2.29. The fraction of sp³-hybridized carbons (Fsp3) is 0.222. The number of carbonyl (C=O) groups is 1. The minimum atomic E-state index is -3.57. The molecule has 7 nitrogen and oxygen atoms in total. The fourth-order valence-electron chi connectivity index (χ4n) is 2.89. The molecule has 2 N–H and O–H groups in total. The normalized spacial score (nSPS) is 13.0. The minimum Gasteiger partial charge on any atom is -0.337 e. The van der Waals surface area contributed by atoms with Crippen LogP contribution in [0.15, 0.2) is 42.5 Å². The van der Waals surface area contributed by atoms with Crippen molar-refractivity contribution in [1.82, 2.24) is 5.32 Å². The average Bonchev–Trinajstić information content (AvgIpc) is 3.08. The molecule has 0 aromatic heterocycles. The summed E-state index contributed by atoms with van der Waals surface area (Å²) in [5.74, 6) is -0.849. The smallest absolute Gasteiger partial charge is 0.319 e. The van der Waals surface area contributed by atoms with Gasteiger partial charge in [-0.05, 0) is 36.2 Å². The first kappa shape index (κ1) is 18.7. The van der Waals surface area contributed by atoms with Crippen molar-refractivity contribution in [2.45, 2.75) is 6.42 Å². The molecule has 2 aromatic carbocycles. The highest BCUT2D eigenvalue weighted by Gasteiger charge is 2.28. The molecule has 2 amide bonds. The first-order chi connectivity index (χ1) is 12.9. The first-order valence-electron chi connectivity index (χ1n) is 8.23. The molecule has 1 aliphatic rings. The molecule has 1 aliphatic heterocycles. The van der Waals surface area contributed by atoms with E-state index in [0.717, 1.165) is 17.7 Å². The van der Waals surface area contributed by atoms with Crippen LogP contribution in [0, 0.1) is 17.1 Å². The van der Waals surface area contributed by atoms with Crippen LogP contribution in [0.3, 0.4) is 0 Å². The van der Waals surface area contributed by atoms with Crippen LogP contribution in [0.2, 0.25) is 0 Å².